The van der Waals surface area contributed by atoms with E-state index in [0.29, 0.717) is 12.1 Å². The van der Waals surface area contributed by atoms with E-state index in [-0.39, 0.29) is 17.8 Å². The van der Waals surface area contributed by atoms with E-state index in [9.17, 15) is 4.79 Å². The minimum absolute atomic E-state index is 0.0649. The van der Waals surface area contributed by atoms with Crippen molar-refractivity contribution in [1.29, 1.82) is 0 Å². The number of benzene rings is 2. The summed E-state index contributed by atoms with van der Waals surface area (Å²) in [7, 11) is 7.80. The van der Waals surface area contributed by atoms with E-state index in [1.807, 2.05) is 0 Å². The monoisotopic (exact) mass is 378 g/mol. The van der Waals surface area contributed by atoms with Gasteiger partial charge in [-0.05, 0) is 55.1 Å². The predicted molar refractivity (Wildman–Crippen MR) is 114 cm³/mol. The first-order chi connectivity index (χ1) is 13.5. The molecule has 2 saturated heterocycles. The maximum Gasteiger partial charge on any atom is 0.310 e. The normalized spacial score (nSPS) is 26.9. The second kappa shape index (κ2) is 7.59. The molecule has 2 bridgehead atoms. The standard InChI is InChI=1S/C24H30N2O2/c1-25(2)19-7-5-6-18(14-19)16-8-10-17(11-9-16)21-15-20-12-13-22(26(20)3)23(21)24(27)28-4/h5-11,14,20-23H,12-13,15H2,1-4H3. The summed E-state index contributed by atoms with van der Waals surface area (Å²) in [6.45, 7) is 0. The summed E-state index contributed by atoms with van der Waals surface area (Å²) < 4.78 is 5.20. The predicted octanol–water partition coefficient (Wildman–Crippen LogP) is 4.16. The zero-order valence-electron chi connectivity index (χ0n) is 17.3. The van der Waals surface area contributed by atoms with Crippen LogP contribution in [0, 0.1) is 5.92 Å². The van der Waals surface area contributed by atoms with Crippen LogP contribution in [-0.2, 0) is 9.53 Å². The van der Waals surface area contributed by atoms with Crippen molar-refractivity contribution >= 4 is 11.7 Å². The molecule has 0 N–H and O–H groups in total. The molecule has 4 unspecified atom stereocenters. The van der Waals surface area contributed by atoms with Crippen molar-refractivity contribution in [3.63, 3.8) is 0 Å². The molecule has 28 heavy (non-hydrogen) atoms. The Kier molecular flexibility index (Phi) is 5.15. The summed E-state index contributed by atoms with van der Waals surface area (Å²) in [5.74, 6) is 0.102. The molecular formula is C24H30N2O2. The highest BCUT2D eigenvalue weighted by molar-refractivity contribution is 5.75. The highest BCUT2D eigenvalue weighted by Gasteiger charge is 2.49. The number of ether oxygens (including phenoxy) is 1. The molecule has 0 aromatic heterocycles. The Hall–Kier alpha value is -2.33. The SMILES string of the molecule is COC(=O)C1C(c2ccc(-c3cccc(N(C)C)c3)cc2)CC2CCC1N2C. The van der Waals surface area contributed by atoms with Crippen molar-refractivity contribution in [2.75, 3.05) is 33.2 Å². The summed E-state index contributed by atoms with van der Waals surface area (Å²) >= 11 is 0. The third kappa shape index (κ3) is 3.30. The average molecular weight is 379 g/mol. The Morgan fingerprint density at radius 1 is 1.07 bits per heavy atom. The van der Waals surface area contributed by atoms with E-state index in [4.69, 9.17) is 4.74 Å². The number of hydrogen-bond donors (Lipinski definition) is 0. The van der Waals surface area contributed by atoms with Crippen LogP contribution in [0.1, 0.15) is 30.7 Å². The molecule has 2 aromatic carbocycles. The molecule has 2 aliphatic heterocycles. The molecule has 2 heterocycles. The first kappa shape index (κ1) is 19.0. The smallest absolute Gasteiger partial charge is 0.310 e. The van der Waals surface area contributed by atoms with Crippen LogP contribution < -0.4 is 4.90 Å². The van der Waals surface area contributed by atoms with Gasteiger partial charge >= 0.3 is 5.97 Å². The molecule has 0 aliphatic carbocycles. The second-order valence-electron chi connectivity index (χ2n) is 8.42. The number of hydrogen-bond acceptors (Lipinski definition) is 4. The lowest BCUT2D eigenvalue weighted by atomic mass is 9.76. The van der Waals surface area contributed by atoms with Crippen LogP contribution in [0.3, 0.4) is 0 Å². The minimum atomic E-state index is -0.0725. The van der Waals surface area contributed by atoms with E-state index in [0.717, 1.165) is 12.8 Å². The molecular weight excluding hydrogens is 348 g/mol. The summed E-state index contributed by atoms with van der Waals surface area (Å²) in [4.78, 5) is 17.1. The van der Waals surface area contributed by atoms with Gasteiger partial charge in [-0.2, -0.15) is 0 Å². The molecule has 2 aromatic rings. The molecule has 0 spiro atoms. The Morgan fingerprint density at radius 2 is 1.82 bits per heavy atom. The second-order valence-corrected chi connectivity index (χ2v) is 8.42. The largest absolute Gasteiger partial charge is 0.469 e. The summed E-state index contributed by atoms with van der Waals surface area (Å²) in [5, 5.41) is 0. The first-order valence-electron chi connectivity index (χ1n) is 10.2. The van der Waals surface area contributed by atoms with Crippen LogP contribution in [0.5, 0.6) is 0 Å². The highest BCUT2D eigenvalue weighted by Crippen LogP contribution is 2.46. The number of rotatable bonds is 4. The van der Waals surface area contributed by atoms with Gasteiger partial charge in [-0.25, -0.2) is 0 Å². The molecule has 2 aliphatic rings. The number of anilines is 1. The van der Waals surface area contributed by atoms with E-state index < -0.39 is 0 Å². The Bertz CT molecular complexity index is 846. The van der Waals surface area contributed by atoms with Gasteiger partial charge in [0.1, 0.15) is 0 Å². The molecule has 4 nitrogen and oxygen atoms in total. The van der Waals surface area contributed by atoms with E-state index in [2.05, 4.69) is 79.5 Å². The fourth-order valence-corrected chi connectivity index (χ4v) is 5.15. The summed E-state index contributed by atoms with van der Waals surface area (Å²) in [6, 6.07) is 18.3. The number of piperidine rings is 1. The van der Waals surface area contributed by atoms with Gasteiger partial charge in [-0.15, -0.1) is 0 Å². The van der Waals surface area contributed by atoms with E-state index >= 15 is 0 Å². The minimum Gasteiger partial charge on any atom is -0.469 e. The van der Waals surface area contributed by atoms with Gasteiger partial charge in [0.05, 0.1) is 13.0 Å². The van der Waals surface area contributed by atoms with Crippen LogP contribution in [0.2, 0.25) is 0 Å². The first-order valence-corrected chi connectivity index (χ1v) is 10.2. The van der Waals surface area contributed by atoms with Crippen LogP contribution in [-0.4, -0.2) is 51.2 Å². The van der Waals surface area contributed by atoms with Crippen molar-refractivity contribution in [1.82, 2.24) is 4.90 Å². The Morgan fingerprint density at radius 3 is 2.50 bits per heavy atom. The van der Waals surface area contributed by atoms with E-state index in [1.54, 1.807) is 0 Å². The molecule has 2 fully saturated rings. The van der Waals surface area contributed by atoms with Crippen molar-refractivity contribution in [2.24, 2.45) is 5.92 Å². The van der Waals surface area contributed by atoms with Crippen molar-refractivity contribution in [3.8, 4) is 11.1 Å². The zero-order chi connectivity index (χ0) is 19.8. The highest BCUT2D eigenvalue weighted by atomic mass is 16.5. The fourth-order valence-electron chi connectivity index (χ4n) is 5.15. The number of nitrogens with zero attached hydrogens (tertiary/aromatic N) is 2. The van der Waals surface area contributed by atoms with Crippen LogP contribution in [0.25, 0.3) is 11.1 Å². The Labute approximate surface area is 168 Å². The molecule has 4 heteroatoms. The zero-order valence-corrected chi connectivity index (χ0v) is 17.3. The van der Waals surface area contributed by atoms with Gasteiger partial charge in [0, 0.05) is 37.8 Å². The van der Waals surface area contributed by atoms with Crippen LogP contribution >= 0.6 is 0 Å². The van der Waals surface area contributed by atoms with Gasteiger partial charge < -0.3 is 9.64 Å². The van der Waals surface area contributed by atoms with Crippen LogP contribution in [0.15, 0.2) is 48.5 Å². The van der Waals surface area contributed by atoms with E-state index in [1.165, 1.54) is 35.9 Å². The number of carbonyl (C=O) groups excluding carboxylic acids is 1. The quantitative estimate of drug-likeness (QED) is 0.748. The van der Waals surface area contributed by atoms with Gasteiger partial charge in [0.2, 0.25) is 0 Å². The lowest BCUT2D eigenvalue weighted by Crippen LogP contribution is -2.49. The average Bonchev–Trinajstić information content (AvgIpc) is 2.95. The lowest BCUT2D eigenvalue weighted by molar-refractivity contribution is -0.150. The maximum atomic E-state index is 12.6. The van der Waals surface area contributed by atoms with Gasteiger partial charge in [-0.3, -0.25) is 9.69 Å². The third-order valence-corrected chi connectivity index (χ3v) is 6.78. The molecule has 148 valence electrons. The number of carbonyl (C=O) groups is 1. The van der Waals surface area contributed by atoms with Crippen molar-refractivity contribution in [2.45, 2.75) is 37.3 Å². The van der Waals surface area contributed by atoms with Gasteiger partial charge in [0.15, 0.2) is 0 Å². The third-order valence-electron chi connectivity index (χ3n) is 6.78. The number of methoxy groups -OCH3 is 1. The van der Waals surface area contributed by atoms with Gasteiger partial charge in [0.25, 0.3) is 0 Å². The van der Waals surface area contributed by atoms with Crippen molar-refractivity contribution in [3.05, 3.63) is 54.1 Å². The number of fused-ring (bicyclic) bond motifs is 2. The summed E-state index contributed by atoms with van der Waals surface area (Å²) in [5.41, 5.74) is 4.87. The topological polar surface area (TPSA) is 32.8 Å². The molecule has 4 atom stereocenters. The fraction of sp³-hybridized carbons (Fsp3) is 0.458. The molecule has 0 amide bonds. The Balaban J connectivity index is 1.62. The maximum absolute atomic E-state index is 12.6. The molecule has 0 saturated carbocycles. The van der Waals surface area contributed by atoms with Crippen LogP contribution in [0.4, 0.5) is 5.69 Å². The molecule has 0 radical (unpaired) electrons. The molecule has 4 rings (SSSR count). The van der Waals surface area contributed by atoms with Gasteiger partial charge in [-0.1, -0.05) is 36.4 Å². The summed E-state index contributed by atoms with van der Waals surface area (Å²) in [6.07, 6.45) is 3.30. The lowest BCUT2D eigenvalue weighted by Gasteiger charge is -2.41. The number of esters is 1. The van der Waals surface area contributed by atoms with Crippen molar-refractivity contribution < 1.29 is 9.53 Å².